The van der Waals surface area contributed by atoms with Crippen LogP contribution in [0.3, 0.4) is 0 Å². The van der Waals surface area contributed by atoms with Gasteiger partial charge in [0.25, 0.3) is 0 Å². The van der Waals surface area contributed by atoms with Gasteiger partial charge in [0.1, 0.15) is 0 Å². The molecule has 0 radical (unpaired) electrons. The molecule has 0 aliphatic heterocycles. The van der Waals surface area contributed by atoms with Crippen molar-refractivity contribution in [2.24, 2.45) is 5.92 Å². The molecule has 2 aromatic heterocycles. The van der Waals surface area contributed by atoms with Crippen LogP contribution in [0, 0.1) is 5.92 Å². The van der Waals surface area contributed by atoms with Gasteiger partial charge < -0.3 is 4.90 Å². The second kappa shape index (κ2) is 6.24. The van der Waals surface area contributed by atoms with Crippen LogP contribution >= 0.6 is 0 Å². The minimum atomic E-state index is 0.203. The molecule has 1 aliphatic rings. The average molecular weight is 286 g/mol. The number of nitrogens with zero attached hydrogens (tertiary/aromatic N) is 4. The number of rotatable bonds is 5. The number of aromatic nitrogens is 3. The van der Waals surface area contributed by atoms with Crippen LogP contribution in [0.25, 0.3) is 5.65 Å². The summed E-state index contributed by atoms with van der Waals surface area (Å²) in [6.45, 7) is 0.509. The number of carbonyl (C=O) groups excluding carboxylic acids is 1. The van der Waals surface area contributed by atoms with Gasteiger partial charge in [-0.2, -0.15) is 0 Å². The maximum absolute atomic E-state index is 12.2. The van der Waals surface area contributed by atoms with Crippen LogP contribution in [0.15, 0.2) is 24.4 Å². The van der Waals surface area contributed by atoms with E-state index in [9.17, 15) is 4.79 Å². The highest BCUT2D eigenvalue weighted by molar-refractivity contribution is 5.75. The van der Waals surface area contributed by atoms with Crippen LogP contribution in [0.2, 0.25) is 0 Å². The fraction of sp³-hybridized carbons (Fsp3) is 0.562. The third-order valence-electron chi connectivity index (χ3n) is 4.43. The van der Waals surface area contributed by atoms with E-state index in [1.165, 1.54) is 25.7 Å². The molecule has 21 heavy (non-hydrogen) atoms. The highest BCUT2D eigenvalue weighted by atomic mass is 16.2. The minimum absolute atomic E-state index is 0.203. The van der Waals surface area contributed by atoms with Crippen LogP contribution in [-0.4, -0.2) is 32.5 Å². The Hall–Kier alpha value is -1.91. The number of hydrogen-bond donors (Lipinski definition) is 0. The standard InChI is InChI=1S/C16H22N4O/c1-19(16(21)10-9-13-6-2-3-7-13)12-15-18-17-14-8-4-5-11-20(14)15/h4-5,8,11,13H,2-3,6-7,9-10,12H2,1H3. The minimum Gasteiger partial charge on any atom is -0.338 e. The average Bonchev–Trinajstić information content (AvgIpc) is 3.15. The van der Waals surface area contributed by atoms with Crippen molar-refractivity contribution in [3.05, 3.63) is 30.2 Å². The predicted molar refractivity (Wildman–Crippen MR) is 80.7 cm³/mol. The van der Waals surface area contributed by atoms with Gasteiger partial charge in [0.2, 0.25) is 5.91 Å². The summed E-state index contributed by atoms with van der Waals surface area (Å²) in [5, 5.41) is 8.29. The number of fused-ring (bicyclic) bond motifs is 1. The zero-order valence-electron chi connectivity index (χ0n) is 12.5. The first-order valence-electron chi connectivity index (χ1n) is 7.76. The van der Waals surface area contributed by atoms with E-state index in [0.29, 0.717) is 13.0 Å². The molecular formula is C16H22N4O. The molecule has 1 fully saturated rings. The Morgan fingerprint density at radius 1 is 1.33 bits per heavy atom. The van der Waals surface area contributed by atoms with Gasteiger partial charge >= 0.3 is 0 Å². The van der Waals surface area contributed by atoms with Gasteiger partial charge in [0, 0.05) is 19.7 Å². The SMILES string of the molecule is CN(Cc1nnc2ccccn12)C(=O)CCC1CCCC1. The van der Waals surface area contributed by atoms with Crippen LogP contribution in [0.4, 0.5) is 0 Å². The highest BCUT2D eigenvalue weighted by Crippen LogP contribution is 2.28. The molecule has 0 atom stereocenters. The fourth-order valence-corrected chi connectivity index (χ4v) is 3.12. The molecule has 3 rings (SSSR count). The van der Waals surface area contributed by atoms with Gasteiger partial charge in [-0.15, -0.1) is 10.2 Å². The first-order chi connectivity index (χ1) is 10.2. The number of carbonyl (C=O) groups is 1. The molecule has 1 aliphatic carbocycles. The Morgan fingerprint density at radius 3 is 2.95 bits per heavy atom. The van der Waals surface area contributed by atoms with Gasteiger partial charge in [-0.25, -0.2) is 0 Å². The molecule has 5 heteroatoms. The van der Waals surface area contributed by atoms with Gasteiger partial charge in [0.05, 0.1) is 6.54 Å². The summed E-state index contributed by atoms with van der Waals surface area (Å²) in [4.78, 5) is 14.0. The Labute approximate surface area is 125 Å². The Kier molecular flexibility index (Phi) is 4.18. The molecule has 2 heterocycles. The van der Waals surface area contributed by atoms with E-state index in [4.69, 9.17) is 0 Å². The normalized spacial score (nSPS) is 15.7. The van der Waals surface area contributed by atoms with E-state index in [1.807, 2.05) is 35.8 Å². The molecule has 2 aromatic rings. The van der Waals surface area contributed by atoms with E-state index < -0.39 is 0 Å². The lowest BCUT2D eigenvalue weighted by Crippen LogP contribution is -2.27. The van der Waals surface area contributed by atoms with Crippen molar-refractivity contribution >= 4 is 11.6 Å². The van der Waals surface area contributed by atoms with Crippen molar-refractivity contribution in [1.82, 2.24) is 19.5 Å². The van der Waals surface area contributed by atoms with Crippen molar-refractivity contribution in [2.75, 3.05) is 7.05 Å². The van der Waals surface area contributed by atoms with Crippen LogP contribution in [-0.2, 0) is 11.3 Å². The van der Waals surface area contributed by atoms with Gasteiger partial charge in [-0.1, -0.05) is 31.7 Å². The van der Waals surface area contributed by atoms with Gasteiger partial charge in [-0.3, -0.25) is 9.20 Å². The van der Waals surface area contributed by atoms with Crippen molar-refractivity contribution in [1.29, 1.82) is 0 Å². The van der Waals surface area contributed by atoms with Gasteiger partial charge in [0.15, 0.2) is 11.5 Å². The molecule has 0 spiro atoms. The molecule has 0 saturated heterocycles. The third-order valence-corrected chi connectivity index (χ3v) is 4.43. The molecule has 0 unspecified atom stereocenters. The summed E-state index contributed by atoms with van der Waals surface area (Å²) < 4.78 is 1.93. The molecule has 1 saturated carbocycles. The van der Waals surface area contributed by atoms with Crippen LogP contribution in [0.1, 0.15) is 44.3 Å². The van der Waals surface area contributed by atoms with E-state index in [1.54, 1.807) is 4.90 Å². The lowest BCUT2D eigenvalue weighted by molar-refractivity contribution is -0.130. The monoisotopic (exact) mass is 286 g/mol. The van der Waals surface area contributed by atoms with Crippen molar-refractivity contribution in [3.63, 3.8) is 0 Å². The molecule has 5 nitrogen and oxygen atoms in total. The summed E-state index contributed by atoms with van der Waals surface area (Å²) in [6.07, 6.45) is 8.88. The zero-order valence-corrected chi connectivity index (χ0v) is 12.5. The molecule has 0 N–H and O–H groups in total. The zero-order chi connectivity index (χ0) is 14.7. The molecule has 1 amide bonds. The summed E-state index contributed by atoms with van der Waals surface area (Å²) in [7, 11) is 1.85. The predicted octanol–water partition coefficient (Wildman–Crippen LogP) is 2.66. The summed E-state index contributed by atoms with van der Waals surface area (Å²) >= 11 is 0. The number of pyridine rings is 1. The Bertz CT molecular complexity index is 616. The van der Waals surface area contributed by atoms with Crippen molar-refractivity contribution < 1.29 is 4.79 Å². The topological polar surface area (TPSA) is 50.5 Å². The van der Waals surface area contributed by atoms with E-state index >= 15 is 0 Å². The molecule has 112 valence electrons. The number of amides is 1. The van der Waals surface area contributed by atoms with Gasteiger partial charge in [-0.05, 0) is 24.5 Å². The largest absolute Gasteiger partial charge is 0.338 e. The first-order valence-corrected chi connectivity index (χ1v) is 7.76. The number of hydrogen-bond acceptors (Lipinski definition) is 3. The Morgan fingerprint density at radius 2 is 2.14 bits per heavy atom. The smallest absolute Gasteiger partial charge is 0.222 e. The molecule has 0 bridgehead atoms. The first kappa shape index (κ1) is 14.0. The van der Waals surface area contributed by atoms with Crippen molar-refractivity contribution in [2.45, 2.75) is 45.1 Å². The lowest BCUT2D eigenvalue weighted by atomic mass is 10.0. The van der Waals surface area contributed by atoms with Crippen LogP contribution in [0.5, 0.6) is 0 Å². The highest BCUT2D eigenvalue weighted by Gasteiger charge is 2.18. The quantitative estimate of drug-likeness (QED) is 0.849. The van der Waals surface area contributed by atoms with Crippen LogP contribution < -0.4 is 0 Å². The maximum atomic E-state index is 12.2. The second-order valence-electron chi connectivity index (χ2n) is 5.98. The summed E-state index contributed by atoms with van der Waals surface area (Å²) in [5.74, 6) is 1.77. The molecule has 0 aromatic carbocycles. The summed E-state index contributed by atoms with van der Waals surface area (Å²) in [5.41, 5.74) is 0.819. The van der Waals surface area contributed by atoms with E-state index in [-0.39, 0.29) is 5.91 Å². The van der Waals surface area contributed by atoms with Crippen molar-refractivity contribution in [3.8, 4) is 0 Å². The van der Waals surface area contributed by atoms with E-state index in [0.717, 1.165) is 23.8 Å². The fourth-order valence-electron chi connectivity index (χ4n) is 3.12. The Balaban J connectivity index is 1.57. The van der Waals surface area contributed by atoms with E-state index in [2.05, 4.69) is 10.2 Å². The maximum Gasteiger partial charge on any atom is 0.222 e. The summed E-state index contributed by atoms with van der Waals surface area (Å²) in [6, 6.07) is 5.80. The second-order valence-corrected chi connectivity index (χ2v) is 5.98. The lowest BCUT2D eigenvalue weighted by Gasteiger charge is -2.17. The third kappa shape index (κ3) is 3.23. The molecular weight excluding hydrogens is 264 g/mol.